The van der Waals surface area contributed by atoms with Crippen LogP contribution in [0.4, 0.5) is 5.69 Å². The van der Waals surface area contributed by atoms with Gasteiger partial charge in [0, 0.05) is 24.7 Å². The minimum atomic E-state index is -0.704. The van der Waals surface area contributed by atoms with Gasteiger partial charge in [-0.25, -0.2) is 0 Å². The van der Waals surface area contributed by atoms with Crippen LogP contribution in [0, 0.1) is 5.92 Å². The lowest BCUT2D eigenvalue weighted by Gasteiger charge is -2.25. The number of aliphatic carboxylic acids is 1. The van der Waals surface area contributed by atoms with Crippen molar-refractivity contribution < 1.29 is 9.90 Å². The summed E-state index contributed by atoms with van der Waals surface area (Å²) in [7, 11) is 0. The Hall–Kier alpha value is -1.51. The van der Waals surface area contributed by atoms with Gasteiger partial charge in [-0.2, -0.15) is 0 Å². The first-order valence-corrected chi connectivity index (χ1v) is 7.21. The average Bonchev–Trinajstić information content (AvgIpc) is 2.74. The minimum Gasteiger partial charge on any atom is -0.481 e. The summed E-state index contributed by atoms with van der Waals surface area (Å²) in [5, 5.41) is 9.04. The van der Waals surface area contributed by atoms with E-state index in [1.54, 1.807) is 0 Å². The van der Waals surface area contributed by atoms with Crippen LogP contribution in [-0.4, -0.2) is 24.2 Å². The lowest BCUT2D eigenvalue weighted by molar-refractivity contribution is -0.137. The van der Waals surface area contributed by atoms with Crippen LogP contribution in [0.3, 0.4) is 0 Å². The van der Waals surface area contributed by atoms with Gasteiger partial charge < -0.3 is 10.0 Å². The van der Waals surface area contributed by atoms with Crippen molar-refractivity contribution in [2.24, 2.45) is 5.92 Å². The third-order valence-electron chi connectivity index (χ3n) is 4.21. The first-order chi connectivity index (χ1) is 9.15. The summed E-state index contributed by atoms with van der Waals surface area (Å²) in [5.74, 6) is 0.129. The molecule has 3 nitrogen and oxygen atoms in total. The molecule has 1 aliphatic rings. The van der Waals surface area contributed by atoms with Gasteiger partial charge in [-0.05, 0) is 17.5 Å². The molecule has 1 heterocycles. The predicted octanol–water partition coefficient (Wildman–Crippen LogP) is 3.50. The van der Waals surface area contributed by atoms with Gasteiger partial charge in [0.15, 0.2) is 0 Å². The molecule has 1 aliphatic heterocycles. The Kier molecular flexibility index (Phi) is 4.46. The van der Waals surface area contributed by atoms with Crippen molar-refractivity contribution >= 4 is 11.7 Å². The van der Waals surface area contributed by atoms with Crippen LogP contribution in [0.25, 0.3) is 0 Å². The van der Waals surface area contributed by atoms with Crippen LogP contribution in [0.5, 0.6) is 0 Å². The van der Waals surface area contributed by atoms with E-state index in [1.807, 2.05) is 12.1 Å². The molecule has 1 aromatic rings. The Morgan fingerprint density at radius 2 is 2.05 bits per heavy atom. The van der Waals surface area contributed by atoms with E-state index in [0.717, 1.165) is 13.1 Å². The number of carbonyl (C=O) groups is 1. The standard InChI is InChI=1S/C16H23NO2/c1-3-12(4-2)10-17-11-13(9-16(18)19)14-7-5-6-8-15(14)17/h5-8,12-13H,3-4,9-11H2,1-2H3,(H,18,19). The summed E-state index contributed by atoms with van der Waals surface area (Å²) in [6.45, 7) is 6.35. The molecule has 3 heteroatoms. The molecule has 1 unspecified atom stereocenters. The average molecular weight is 261 g/mol. The number of rotatable bonds is 6. The molecule has 0 amide bonds. The Balaban J connectivity index is 2.17. The first kappa shape index (κ1) is 13.9. The number of fused-ring (bicyclic) bond motifs is 1. The number of para-hydroxylation sites is 1. The zero-order valence-electron chi connectivity index (χ0n) is 11.8. The van der Waals surface area contributed by atoms with Gasteiger partial charge in [0.25, 0.3) is 0 Å². The molecular weight excluding hydrogens is 238 g/mol. The van der Waals surface area contributed by atoms with E-state index in [1.165, 1.54) is 24.1 Å². The van der Waals surface area contributed by atoms with Crippen LogP contribution >= 0.6 is 0 Å². The van der Waals surface area contributed by atoms with Crippen LogP contribution in [0.2, 0.25) is 0 Å². The summed E-state index contributed by atoms with van der Waals surface area (Å²) in [5.41, 5.74) is 2.44. The molecule has 0 saturated carbocycles. The Labute approximate surface area is 115 Å². The van der Waals surface area contributed by atoms with E-state index in [-0.39, 0.29) is 12.3 Å². The van der Waals surface area contributed by atoms with E-state index < -0.39 is 5.97 Å². The number of nitrogens with zero attached hydrogens (tertiary/aromatic N) is 1. The lowest BCUT2D eigenvalue weighted by atomic mass is 9.98. The fraction of sp³-hybridized carbons (Fsp3) is 0.562. The molecule has 0 fully saturated rings. The quantitative estimate of drug-likeness (QED) is 0.852. The fourth-order valence-corrected chi connectivity index (χ4v) is 3.00. The van der Waals surface area contributed by atoms with Crippen molar-refractivity contribution in [1.82, 2.24) is 0 Å². The molecule has 1 N–H and O–H groups in total. The zero-order chi connectivity index (χ0) is 13.8. The molecule has 0 saturated heterocycles. The number of hydrogen-bond acceptors (Lipinski definition) is 2. The number of carboxylic acid groups (broad SMARTS) is 1. The van der Waals surface area contributed by atoms with E-state index >= 15 is 0 Å². The summed E-state index contributed by atoms with van der Waals surface area (Å²) in [4.78, 5) is 13.4. The van der Waals surface area contributed by atoms with Gasteiger partial charge in [0.05, 0.1) is 6.42 Å². The van der Waals surface area contributed by atoms with Gasteiger partial charge >= 0.3 is 5.97 Å². The van der Waals surface area contributed by atoms with Gasteiger partial charge in [0.2, 0.25) is 0 Å². The maximum atomic E-state index is 11.0. The Morgan fingerprint density at radius 3 is 2.68 bits per heavy atom. The molecule has 0 bridgehead atoms. The second kappa shape index (κ2) is 6.09. The number of benzene rings is 1. The largest absolute Gasteiger partial charge is 0.481 e. The SMILES string of the molecule is CCC(CC)CN1CC(CC(=O)O)c2ccccc21. The molecule has 1 atom stereocenters. The van der Waals surface area contributed by atoms with Crippen LogP contribution in [0.1, 0.15) is 44.6 Å². The first-order valence-electron chi connectivity index (χ1n) is 7.21. The Morgan fingerprint density at radius 1 is 1.37 bits per heavy atom. The highest BCUT2D eigenvalue weighted by Gasteiger charge is 2.30. The van der Waals surface area contributed by atoms with Gasteiger partial charge in [0.1, 0.15) is 0 Å². The van der Waals surface area contributed by atoms with Crippen molar-refractivity contribution in [3.63, 3.8) is 0 Å². The Bertz CT molecular complexity index is 440. The zero-order valence-corrected chi connectivity index (χ0v) is 11.8. The monoisotopic (exact) mass is 261 g/mol. The molecule has 0 aliphatic carbocycles. The number of hydrogen-bond donors (Lipinski definition) is 1. The summed E-state index contributed by atoms with van der Waals surface area (Å²) >= 11 is 0. The van der Waals surface area contributed by atoms with E-state index in [9.17, 15) is 4.79 Å². The molecule has 1 aromatic carbocycles. The second-order valence-corrected chi connectivity index (χ2v) is 5.44. The molecule has 19 heavy (non-hydrogen) atoms. The molecular formula is C16H23NO2. The smallest absolute Gasteiger partial charge is 0.304 e. The van der Waals surface area contributed by atoms with Crippen molar-refractivity contribution in [3.05, 3.63) is 29.8 Å². The van der Waals surface area contributed by atoms with Crippen molar-refractivity contribution in [3.8, 4) is 0 Å². The highest BCUT2D eigenvalue weighted by atomic mass is 16.4. The molecule has 0 radical (unpaired) electrons. The van der Waals surface area contributed by atoms with Crippen molar-refractivity contribution in [1.29, 1.82) is 0 Å². The molecule has 2 rings (SSSR count). The van der Waals surface area contributed by atoms with Gasteiger partial charge in [-0.15, -0.1) is 0 Å². The maximum Gasteiger partial charge on any atom is 0.304 e. The van der Waals surface area contributed by atoms with Crippen LogP contribution in [-0.2, 0) is 4.79 Å². The van der Waals surface area contributed by atoms with Crippen molar-refractivity contribution in [2.75, 3.05) is 18.0 Å². The van der Waals surface area contributed by atoms with E-state index in [4.69, 9.17) is 5.11 Å². The molecule has 0 aromatic heterocycles. The lowest BCUT2D eigenvalue weighted by Crippen LogP contribution is -2.28. The van der Waals surface area contributed by atoms with E-state index in [2.05, 4.69) is 30.9 Å². The summed E-state index contributed by atoms with van der Waals surface area (Å²) < 4.78 is 0. The molecule has 104 valence electrons. The normalized spacial score (nSPS) is 17.8. The number of carboxylic acids is 1. The van der Waals surface area contributed by atoms with Crippen LogP contribution < -0.4 is 4.90 Å². The predicted molar refractivity (Wildman–Crippen MR) is 77.7 cm³/mol. The topological polar surface area (TPSA) is 40.5 Å². The fourth-order valence-electron chi connectivity index (χ4n) is 3.00. The molecule has 0 spiro atoms. The van der Waals surface area contributed by atoms with Crippen LogP contribution in [0.15, 0.2) is 24.3 Å². The summed E-state index contributed by atoms with van der Waals surface area (Å²) in [6.07, 6.45) is 2.59. The summed E-state index contributed by atoms with van der Waals surface area (Å²) in [6, 6.07) is 8.26. The van der Waals surface area contributed by atoms with Gasteiger partial charge in [-0.1, -0.05) is 44.9 Å². The highest BCUT2D eigenvalue weighted by molar-refractivity contribution is 5.71. The third kappa shape index (κ3) is 3.09. The second-order valence-electron chi connectivity index (χ2n) is 5.44. The third-order valence-corrected chi connectivity index (χ3v) is 4.21. The van der Waals surface area contributed by atoms with Gasteiger partial charge in [-0.3, -0.25) is 4.79 Å². The highest BCUT2D eigenvalue weighted by Crippen LogP contribution is 2.38. The minimum absolute atomic E-state index is 0.142. The van der Waals surface area contributed by atoms with E-state index in [0.29, 0.717) is 5.92 Å². The maximum absolute atomic E-state index is 11.0. The number of anilines is 1. The van der Waals surface area contributed by atoms with Crippen molar-refractivity contribution in [2.45, 2.75) is 39.0 Å².